The van der Waals surface area contributed by atoms with Crippen LogP contribution in [0.3, 0.4) is 0 Å². The first kappa shape index (κ1) is 8.97. The van der Waals surface area contributed by atoms with Gasteiger partial charge in [-0.05, 0) is 31.1 Å². The molecule has 2 aliphatic rings. The zero-order valence-corrected chi connectivity index (χ0v) is 7.31. The number of rotatable bonds is 1. The molecule has 2 unspecified atom stereocenters. The number of carboxylic acids is 1. The Morgan fingerprint density at radius 3 is 1.92 bits per heavy atom. The van der Waals surface area contributed by atoms with Crippen molar-refractivity contribution >= 4 is 5.97 Å². The van der Waals surface area contributed by atoms with Crippen LogP contribution in [-0.4, -0.2) is 33.5 Å². The van der Waals surface area contributed by atoms with Crippen LogP contribution < -0.4 is 0 Å². The van der Waals surface area contributed by atoms with Gasteiger partial charge in [-0.25, -0.2) is 0 Å². The third-order valence-electron chi connectivity index (χ3n) is 3.36. The van der Waals surface area contributed by atoms with E-state index < -0.39 is 24.1 Å². The largest absolute Gasteiger partial charge is 0.481 e. The molecule has 2 aliphatic carbocycles. The molecular formula is C9H14O4. The number of hydrogen-bond donors (Lipinski definition) is 3. The Morgan fingerprint density at radius 2 is 1.62 bits per heavy atom. The molecule has 4 nitrogen and oxygen atoms in total. The highest BCUT2D eigenvalue weighted by Gasteiger charge is 2.53. The number of hydrogen-bond acceptors (Lipinski definition) is 3. The van der Waals surface area contributed by atoms with Crippen molar-refractivity contribution in [2.45, 2.75) is 37.9 Å². The first-order chi connectivity index (χ1) is 6.04. The predicted molar refractivity (Wildman–Crippen MR) is 44.0 cm³/mol. The fourth-order valence-electron chi connectivity index (χ4n) is 2.40. The minimum atomic E-state index is -1.09. The summed E-state index contributed by atoms with van der Waals surface area (Å²) in [6, 6.07) is 0. The van der Waals surface area contributed by atoms with E-state index in [9.17, 15) is 15.0 Å². The van der Waals surface area contributed by atoms with Crippen molar-refractivity contribution in [1.29, 1.82) is 0 Å². The van der Waals surface area contributed by atoms with Gasteiger partial charge in [0, 0.05) is 0 Å². The highest BCUT2D eigenvalue weighted by atomic mass is 16.4. The van der Waals surface area contributed by atoms with Gasteiger partial charge in [-0.3, -0.25) is 4.79 Å². The highest BCUT2D eigenvalue weighted by Crippen LogP contribution is 2.57. The van der Waals surface area contributed by atoms with E-state index in [-0.39, 0.29) is 5.41 Å². The molecular weight excluding hydrogens is 172 g/mol. The van der Waals surface area contributed by atoms with E-state index in [1.54, 1.807) is 0 Å². The van der Waals surface area contributed by atoms with Crippen molar-refractivity contribution in [2.75, 3.05) is 0 Å². The lowest BCUT2D eigenvalue weighted by Crippen LogP contribution is -2.45. The number of aliphatic hydroxyl groups is 2. The van der Waals surface area contributed by atoms with E-state index in [1.165, 1.54) is 0 Å². The van der Waals surface area contributed by atoms with Crippen LogP contribution in [0.5, 0.6) is 0 Å². The molecule has 0 saturated heterocycles. The summed E-state index contributed by atoms with van der Waals surface area (Å²) < 4.78 is 0. The number of aliphatic carboxylic acids is 1. The van der Waals surface area contributed by atoms with Gasteiger partial charge >= 0.3 is 5.97 Å². The summed E-state index contributed by atoms with van der Waals surface area (Å²) in [5, 5.41) is 27.8. The molecule has 0 heterocycles. The summed E-state index contributed by atoms with van der Waals surface area (Å²) in [5.41, 5.74) is 0.0742. The van der Waals surface area contributed by atoms with Crippen molar-refractivity contribution < 1.29 is 20.1 Å². The second kappa shape index (κ2) is 2.69. The summed E-state index contributed by atoms with van der Waals surface area (Å²) in [4.78, 5) is 10.7. The molecule has 74 valence electrons. The minimum Gasteiger partial charge on any atom is -0.481 e. The van der Waals surface area contributed by atoms with Crippen LogP contribution in [0.25, 0.3) is 0 Å². The van der Waals surface area contributed by atoms with Gasteiger partial charge in [-0.1, -0.05) is 0 Å². The van der Waals surface area contributed by atoms with Crippen molar-refractivity contribution in [1.82, 2.24) is 0 Å². The van der Waals surface area contributed by atoms with Gasteiger partial charge in [0.05, 0.1) is 12.2 Å². The standard InChI is InChI=1S/C9H14O4/c10-5-3-9(1-2-9)4-6(11)7(5)8(12)13/h5-7,10-11H,1-4H2,(H,12,13). The molecule has 0 aliphatic heterocycles. The third kappa shape index (κ3) is 1.44. The maximum Gasteiger partial charge on any atom is 0.311 e. The molecule has 0 amide bonds. The first-order valence-electron chi connectivity index (χ1n) is 4.63. The van der Waals surface area contributed by atoms with Gasteiger partial charge in [0.2, 0.25) is 0 Å². The van der Waals surface area contributed by atoms with Crippen LogP contribution >= 0.6 is 0 Å². The van der Waals surface area contributed by atoms with Gasteiger partial charge < -0.3 is 15.3 Å². The normalized spacial score (nSPS) is 41.8. The van der Waals surface area contributed by atoms with Gasteiger partial charge in [0.15, 0.2) is 0 Å². The first-order valence-corrected chi connectivity index (χ1v) is 4.63. The fourth-order valence-corrected chi connectivity index (χ4v) is 2.40. The molecule has 2 saturated carbocycles. The van der Waals surface area contributed by atoms with E-state index in [4.69, 9.17) is 5.11 Å². The second-order valence-electron chi connectivity index (χ2n) is 4.41. The average molecular weight is 186 g/mol. The summed E-state index contributed by atoms with van der Waals surface area (Å²) in [6.45, 7) is 0. The molecule has 2 fully saturated rings. The molecule has 2 rings (SSSR count). The second-order valence-corrected chi connectivity index (χ2v) is 4.41. The van der Waals surface area contributed by atoms with Crippen LogP contribution in [0.1, 0.15) is 25.7 Å². The quantitative estimate of drug-likeness (QED) is 0.538. The molecule has 0 radical (unpaired) electrons. The molecule has 0 aromatic rings. The average Bonchev–Trinajstić information content (AvgIpc) is 2.65. The van der Waals surface area contributed by atoms with Gasteiger partial charge in [-0.2, -0.15) is 0 Å². The lowest BCUT2D eigenvalue weighted by molar-refractivity contribution is -0.157. The van der Waals surface area contributed by atoms with Crippen molar-refractivity contribution in [2.24, 2.45) is 11.3 Å². The Labute approximate surface area is 76.2 Å². The lowest BCUT2D eigenvalue weighted by atomic mass is 9.76. The SMILES string of the molecule is O=C(O)C1C(O)CC2(CC2)CC1O. The van der Waals surface area contributed by atoms with Gasteiger partial charge in [0.1, 0.15) is 5.92 Å². The molecule has 2 atom stereocenters. The van der Waals surface area contributed by atoms with Crippen molar-refractivity contribution in [3.8, 4) is 0 Å². The Balaban J connectivity index is 2.10. The predicted octanol–water partition coefficient (Wildman–Crippen LogP) is -0.0170. The van der Waals surface area contributed by atoms with Crippen LogP contribution in [0.15, 0.2) is 0 Å². The van der Waals surface area contributed by atoms with Crippen LogP contribution in [0.2, 0.25) is 0 Å². The monoisotopic (exact) mass is 186 g/mol. The maximum atomic E-state index is 10.7. The lowest BCUT2D eigenvalue weighted by Gasteiger charge is -2.34. The van der Waals surface area contributed by atoms with Crippen LogP contribution in [0, 0.1) is 11.3 Å². The van der Waals surface area contributed by atoms with Gasteiger partial charge in [-0.15, -0.1) is 0 Å². The number of carboxylic acid groups (broad SMARTS) is 1. The maximum absolute atomic E-state index is 10.7. The number of carbonyl (C=O) groups is 1. The summed E-state index contributed by atoms with van der Waals surface area (Å²) in [6.07, 6.45) is 1.38. The van der Waals surface area contributed by atoms with E-state index in [0.29, 0.717) is 12.8 Å². The summed E-state index contributed by atoms with van der Waals surface area (Å²) in [7, 11) is 0. The topological polar surface area (TPSA) is 77.8 Å². The van der Waals surface area contributed by atoms with E-state index in [2.05, 4.69) is 0 Å². The summed E-state index contributed by atoms with van der Waals surface area (Å²) in [5.74, 6) is -2.07. The third-order valence-corrected chi connectivity index (χ3v) is 3.36. The zero-order chi connectivity index (χ0) is 9.64. The number of aliphatic hydroxyl groups excluding tert-OH is 2. The van der Waals surface area contributed by atoms with Crippen LogP contribution in [0.4, 0.5) is 0 Å². The van der Waals surface area contributed by atoms with E-state index in [0.717, 1.165) is 12.8 Å². The smallest absolute Gasteiger partial charge is 0.311 e. The van der Waals surface area contributed by atoms with Crippen molar-refractivity contribution in [3.63, 3.8) is 0 Å². The van der Waals surface area contributed by atoms with Crippen molar-refractivity contribution in [3.05, 3.63) is 0 Å². The van der Waals surface area contributed by atoms with Gasteiger partial charge in [0.25, 0.3) is 0 Å². The molecule has 13 heavy (non-hydrogen) atoms. The highest BCUT2D eigenvalue weighted by molar-refractivity contribution is 5.71. The Bertz CT molecular complexity index is 220. The molecule has 3 N–H and O–H groups in total. The molecule has 0 aromatic heterocycles. The Morgan fingerprint density at radius 1 is 1.15 bits per heavy atom. The molecule has 4 heteroatoms. The minimum absolute atomic E-state index is 0.0742. The Hall–Kier alpha value is -0.610. The fraction of sp³-hybridized carbons (Fsp3) is 0.889. The summed E-state index contributed by atoms with van der Waals surface area (Å²) >= 11 is 0. The Kier molecular flexibility index (Phi) is 1.85. The zero-order valence-electron chi connectivity index (χ0n) is 7.31. The van der Waals surface area contributed by atoms with E-state index in [1.807, 2.05) is 0 Å². The molecule has 0 aromatic carbocycles. The molecule has 0 bridgehead atoms. The van der Waals surface area contributed by atoms with Crippen LogP contribution in [-0.2, 0) is 4.79 Å². The molecule has 1 spiro atoms. The van der Waals surface area contributed by atoms with E-state index >= 15 is 0 Å².